The third-order valence-corrected chi connectivity index (χ3v) is 9.94. The second-order valence-electron chi connectivity index (χ2n) is 12.3. The maximum Gasteiger partial charge on any atom is 0.410 e. The Labute approximate surface area is 229 Å². The Morgan fingerprint density at radius 3 is 2.39 bits per heavy atom. The second kappa shape index (κ2) is 12.0. The zero-order chi connectivity index (χ0) is 26.7. The molecule has 2 amide bonds. The van der Waals surface area contributed by atoms with E-state index in [4.69, 9.17) is 4.74 Å². The van der Waals surface area contributed by atoms with Crippen LogP contribution in [0.15, 0.2) is 6.07 Å². The number of hydrogen-bond donors (Lipinski definition) is 0. The van der Waals surface area contributed by atoms with Gasteiger partial charge in [0.25, 0.3) is 5.91 Å². The lowest BCUT2D eigenvalue weighted by atomic mass is 9.80. The van der Waals surface area contributed by atoms with Crippen molar-refractivity contribution in [2.45, 2.75) is 115 Å². The average Bonchev–Trinajstić information content (AvgIpc) is 3.44. The topological polar surface area (TPSA) is 70.9 Å². The molecule has 1 aromatic heterocycles. The summed E-state index contributed by atoms with van der Waals surface area (Å²) in [6.07, 6.45) is 14.5. The SMILES string of the molecule is CCCCC1N(CC2CCCCC2)C(=O)OC12CCN(C1CCN(C(=O)c3cc(CC)nn3C)CC1)CC2. The molecule has 4 heterocycles. The minimum Gasteiger partial charge on any atom is -0.440 e. The molecule has 8 heteroatoms. The van der Waals surface area contributed by atoms with Crippen LogP contribution in [0, 0.1) is 5.92 Å². The molecule has 38 heavy (non-hydrogen) atoms. The van der Waals surface area contributed by atoms with Gasteiger partial charge in [-0.15, -0.1) is 0 Å². The quantitative estimate of drug-likeness (QED) is 0.475. The van der Waals surface area contributed by atoms with Crippen molar-refractivity contribution in [1.29, 1.82) is 0 Å². The molecule has 1 saturated carbocycles. The van der Waals surface area contributed by atoms with Crippen LogP contribution in [0.4, 0.5) is 4.79 Å². The zero-order valence-corrected chi connectivity index (χ0v) is 24.0. The minimum atomic E-state index is -0.315. The van der Waals surface area contributed by atoms with Gasteiger partial charge in [0.05, 0.1) is 11.7 Å². The average molecular weight is 528 g/mol. The molecule has 0 radical (unpaired) electrons. The second-order valence-corrected chi connectivity index (χ2v) is 12.3. The molecule has 1 unspecified atom stereocenters. The van der Waals surface area contributed by atoms with E-state index in [9.17, 15) is 9.59 Å². The van der Waals surface area contributed by atoms with E-state index in [1.807, 2.05) is 18.0 Å². The zero-order valence-electron chi connectivity index (χ0n) is 24.0. The highest BCUT2D eigenvalue weighted by Gasteiger charge is 2.55. The molecule has 3 saturated heterocycles. The highest BCUT2D eigenvalue weighted by molar-refractivity contribution is 5.92. The number of unbranched alkanes of at least 4 members (excludes halogenated alkanes) is 1. The lowest BCUT2D eigenvalue weighted by molar-refractivity contribution is -0.0386. The summed E-state index contributed by atoms with van der Waals surface area (Å²) < 4.78 is 8.04. The Morgan fingerprint density at radius 1 is 1.05 bits per heavy atom. The highest BCUT2D eigenvalue weighted by atomic mass is 16.6. The van der Waals surface area contributed by atoms with Crippen molar-refractivity contribution in [1.82, 2.24) is 24.5 Å². The standard InChI is InChI=1S/C30H49N5O3/c1-4-6-12-27-30(38-29(37)35(27)22-23-10-8-7-9-11-23)15-19-33(20-16-30)25-13-17-34(18-14-25)28(36)26-21-24(5-2)31-32(26)3/h21,23,25,27H,4-20,22H2,1-3H3. The number of aryl methyl sites for hydroxylation is 2. The van der Waals surface area contributed by atoms with Crippen LogP contribution in [0.25, 0.3) is 0 Å². The van der Waals surface area contributed by atoms with Gasteiger partial charge in [-0.3, -0.25) is 14.4 Å². The van der Waals surface area contributed by atoms with Crippen LogP contribution >= 0.6 is 0 Å². The smallest absolute Gasteiger partial charge is 0.410 e. The van der Waals surface area contributed by atoms with Crippen molar-refractivity contribution >= 4 is 12.0 Å². The van der Waals surface area contributed by atoms with Crippen molar-refractivity contribution in [3.8, 4) is 0 Å². The lowest BCUT2D eigenvalue weighted by Crippen LogP contribution is -2.56. The Morgan fingerprint density at radius 2 is 1.76 bits per heavy atom. The molecule has 0 bridgehead atoms. The van der Waals surface area contributed by atoms with Crippen LogP contribution in [0.5, 0.6) is 0 Å². The molecule has 1 atom stereocenters. The van der Waals surface area contributed by atoms with E-state index >= 15 is 0 Å². The number of likely N-dealkylation sites (tertiary alicyclic amines) is 2. The summed E-state index contributed by atoms with van der Waals surface area (Å²) in [6, 6.07) is 2.66. The van der Waals surface area contributed by atoms with Crippen molar-refractivity contribution < 1.29 is 14.3 Å². The number of rotatable bonds is 8. The fraction of sp³-hybridized carbons (Fsp3) is 0.833. The molecule has 0 aromatic carbocycles. The van der Waals surface area contributed by atoms with Crippen molar-refractivity contribution in [3.63, 3.8) is 0 Å². The maximum absolute atomic E-state index is 13.2. The van der Waals surface area contributed by atoms with Crippen LogP contribution in [-0.4, -0.2) is 86.9 Å². The molecule has 4 aliphatic rings. The maximum atomic E-state index is 13.2. The third kappa shape index (κ3) is 5.61. The predicted molar refractivity (Wildman–Crippen MR) is 148 cm³/mol. The van der Waals surface area contributed by atoms with Crippen molar-refractivity contribution in [2.24, 2.45) is 13.0 Å². The van der Waals surface area contributed by atoms with Gasteiger partial charge in [0.15, 0.2) is 0 Å². The summed E-state index contributed by atoms with van der Waals surface area (Å²) in [5.41, 5.74) is 1.35. The highest BCUT2D eigenvalue weighted by Crippen LogP contribution is 2.42. The minimum absolute atomic E-state index is 0.0571. The van der Waals surface area contributed by atoms with Gasteiger partial charge in [-0.25, -0.2) is 4.79 Å². The van der Waals surface area contributed by atoms with Crippen LogP contribution < -0.4 is 0 Å². The summed E-state index contributed by atoms with van der Waals surface area (Å²) in [7, 11) is 1.86. The van der Waals surface area contributed by atoms with E-state index in [1.54, 1.807) is 4.68 Å². The molecule has 1 spiro atoms. The Hall–Kier alpha value is -2.09. The molecular weight excluding hydrogens is 478 g/mol. The van der Waals surface area contributed by atoms with Crippen LogP contribution in [0.2, 0.25) is 0 Å². The number of hydrogen-bond acceptors (Lipinski definition) is 5. The molecule has 8 nitrogen and oxygen atoms in total. The molecule has 3 aliphatic heterocycles. The van der Waals surface area contributed by atoms with E-state index in [2.05, 4.69) is 28.7 Å². The number of carbonyl (C=O) groups excluding carboxylic acids is 2. The van der Waals surface area contributed by atoms with E-state index in [0.29, 0.717) is 17.7 Å². The number of aromatic nitrogens is 2. The first-order valence-corrected chi connectivity index (χ1v) is 15.5. The van der Waals surface area contributed by atoms with E-state index in [1.165, 1.54) is 32.1 Å². The van der Waals surface area contributed by atoms with Gasteiger partial charge < -0.3 is 14.5 Å². The first-order valence-electron chi connectivity index (χ1n) is 15.5. The molecule has 1 aromatic rings. The monoisotopic (exact) mass is 527 g/mol. The number of nitrogens with zero attached hydrogens (tertiary/aromatic N) is 5. The Balaban J connectivity index is 1.17. The van der Waals surface area contributed by atoms with Gasteiger partial charge in [-0.1, -0.05) is 46.0 Å². The molecule has 4 fully saturated rings. The number of amides is 2. The van der Waals surface area contributed by atoms with Gasteiger partial charge in [0.1, 0.15) is 11.3 Å². The normalized spacial score (nSPS) is 25.3. The van der Waals surface area contributed by atoms with Crippen LogP contribution in [-0.2, 0) is 18.2 Å². The summed E-state index contributed by atoms with van der Waals surface area (Å²) in [5.74, 6) is 0.744. The molecule has 1 aliphatic carbocycles. The molecular formula is C30H49N5O3. The summed E-state index contributed by atoms with van der Waals surface area (Å²) in [5, 5.41) is 4.46. The molecule has 5 rings (SSSR count). The number of piperidine rings is 2. The number of carbonyl (C=O) groups is 2. The first kappa shape index (κ1) is 27.5. The lowest BCUT2D eigenvalue weighted by Gasteiger charge is -2.46. The summed E-state index contributed by atoms with van der Waals surface area (Å²) in [4.78, 5) is 33.1. The predicted octanol–water partition coefficient (Wildman–Crippen LogP) is 5.01. The van der Waals surface area contributed by atoms with E-state index < -0.39 is 0 Å². The van der Waals surface area contributed by atoms with E-state index in [0.717, 1.165) is 89.8 Å². The van der Waals surface area contributed by atoms with Crippen LogP contribution in [0.1, 0.15) is 107 Å². The van der Waals surface area contributed by atoms with Crippen molar-refractivity contribution in [3.05, 3.63) is 17.5 Å². The first-order chi connectivity index (χ1) is 18.4. The Bertz CT molecular complexity index is 955. The van der Waals surface area contributed by atoms with Gasteiger partial charge >= 0.3 is 6.09 Å². The third-order valence-electron chi connectivity index (χ3n) is 9.94. The molecule has 212 valence electrons. The number of ether oxygens (including phenoxy) is 1. The largest absolute Gasteiger partial charge is 0.440 e. The van der Waals surface area contributed by atoms with Crippen molar-refractivity contribution in [2.75, 3.05) is 32.7 Å². The Kier molecular flexibility index (Phi) is 8.65. The molecule has 0 N–H and O–H groups in total. The summed E-state index contributed by atoms with van der Waals surface area (Å²) in [6.45, 7) is 8.74. The fourth-order valence-corrected chi connectivity index (χ4v) is 7.58. The fourth-order valence-electron chi connectivity index (χ4n) is 7.58. The summed E-state index contributed by atoms with van der Waals surface area (Å²) >= 11 is 0. The van der Waals surface area contributed by atoms with Gasteiger partial charge in [0.2, 0.25) is 0 Å². The van der Waals surface area contributed by atoms with Gasteiger partial charge in [-0.2, -0.15) is 5.10 Å². The van der Waals surface area contributed by atoms with Crippen LogP contribution in [0.3, 0.4) is 0 Å². The van der Waals surface area contributed by atoms with Gasteiger partial charge in [0, 0.05) is 58.7 Å². The van der Waals surface area contributed by atoms with Gasteiger partial charge in [-0.05, 0) is 50.5 Å². The van der Waals surface area contributed by atoms with E-state index in [-0.39, 0.29) is 23.6 Å².